The molecule has 0 saturated carbocycles. The molecule has 1 aliphatic heterocycles. The summed E-state index contributed by atoms with van der Waals surface area (Å²) in [6.07, 6.45) is 2.12. The summed E-state index contributed by atoms with van der Waals surface area (Å²) in [7, 11) is -0.462. The zero-order valence-corrected chi connectivity index (χ0v) is 24.0. The fourth-order valence-electron chi connectivity index (χ4n) is 6.85. The average Bonchev–Trinajstić information content (AvgIpc) is 3.41. The van der Waals surface area contributed by atoms with E-state index in [4.69, 9.17) is 21.0 Å². The molecule has 3 aromatic rings. The molecule has 1 aromatic heterocycles. The van der Waals surface area contributed by atoms with E-state index in [-0.39, 0.29) is 23.4 Å². The van der Waals surface area contributed by atoms with Crippen LogP contribution in [0.3, 0.4) is 0 Å². The number of fused-ring (bicyclic) bond motifs is 3. The fourth-order valence-corrected chi connectivity index (χ4v) is 6.85. The number of aliphatic hydroxyl groups is 1. The molecular weight excluding hydrogens is 504 g/mol. The van der Waals surface area contributed by atoms with Gasteiger partial charge in [-0.3, -0.25) is 0 Å². The standard InChI is InChI=1S/C32H35BFN3O3/c1-19-25-17-16-24-27(20-8-12-22(34)13-9-20)36-37(29(24)32(25,6)18-26(35-7)28(19)38)23-14-10-21(11-15-23)33-39-30(2,3)31(4,5)40-33/h8-15,19,25,38H,16-18H2,1-6H3/t19-,25-,32-/m1/s1. The van der Waals surface area contributed by atoms with E-state index in [0.717, 1.165) is 46.5 Å². The maximum Gasteiger partial charge on any atom is 0.494 e. The third-order valence-corrected chi connectivity index (χ3v) is 9.83. The second-order valence-electron chi connectivity index (χ2n) is 12.7. The van der Waals surface area contributed by atoms with Crippen molar-refractivity contribution in [2.45, 2.75) is 77.4 Å². The van der Waals surface area contributed by atoms with Crippen LogP contribution in [0, 0.1) is 24.2 Å². The van der Waals surface area contributed by atoms with Gasteiger partial charge in [0.2, 0.25) is 5.70 Å². The molecule has 2 aromatic carbocycles. The molecule has 0 amide bonds. The molecule has 1 N–H and O–H groups in total. The first kappa shape index (κ1) is 26.8. The minimum atomic E-state index is -0.462. The molecule has 0 bridgehead atoms. The predicted octanol–water partition coefficient (Wildman–Crippen LogP) is 6.53. The Bertz CT molecular complexity index is 1540. The largest absolute Gasteiger partial charge is 0.523 e. The molecule has 2 heterocycles. The molecule has 206 valence electrons. The Kier molecular flexibility index (Phi) is 6.07. The first-order valence-corrected chi connectivity index (χ1v) is 14.0. The lowest BCUT2D eigenvalue weighted by Gasteiger charge is -2.48. The first-order valence-electron chi connectivity index (χ1n) is 14.0. The van der Waals surface area contributed by atoms with E-state index in [1.807, 2.05) is 63.6 Å². The molecule has 2 aliphatic carbocycles. The Morgan fingerprint density at radius 2 is 1.65 bits per heavy atom. The highest BCUT2D eigenvalue weighted by molar-refractivity contribution is 6.62. The van der Waals surface area contributed by atoms with Crippen LogP contribution < -0.4 is 5.46 Å². The van der Waals surface area contributed by atoms with E-state index in [9.17, 15) is 9.50 Å². The SMILES string of the molecule is [C-]#[N+]C1=C(O)[C@H](C)[C@H]2CCc3c(-c4ccc(F)cc4)nn(-c4ccc(B5OC(C)(C)C(C)(C)O5)cc4)c3[C@]2(C)C1. The van der Waals surface area contributed by atoms with Gasteiger partial charge < -0.3 is 14.4 Å². The van der Waals surface area contributed by atoms with Crippen molar-refractivity contribution in [1.82, 2.24) is 9.78 Å². The molecule has 1 fully saturated rings. The van der Waals surface area contributed by atoms with Crippen molar-refractivity contribution in [3.8, 4) is 16.9 Å². The van der Waals surface area contributed by atoms with Crippen LogP contribution in [0.25, 0.3) is 21.8 Å². The van der Waals surface area contributed by atoms with Gasteiger partial charge in [-0.2, -0.15) is 5.10 Å². The van der Waals surface area contributed by atoms with E-state index in [1.165, 1.54) is 12.1 Å². The highest BCUT2D eigenvalue weighted by Crippen LogP contribution is 2.55. The van der Waals surface area contributed by atoms with Crippen molar-refractivity contribution in [3.63, 3.8) is 0 Å². The molecule has 0 radical (unpaired) electrons. The van der Waals surface area contributed by atoms with Gasteiger partial charge in [-0.25, -0.2) is 13.9 Å². The molecule has 6 nitrogen and oxygen atoms in total. The van der Waals surface area contributed by atoms with Crippen molar-refractivity contribution >= 4 is 12.6 Å². The van der Waals surface area contributed by atoms with Gasteiger partial charge in [-0.05, 0) is 94.7 Å². The fraction of sp³-hybridized carbons (Fsp3) is 0.438. The van der Waals surface area contributed by atoms with E-state index in [0.29, 0.717) is 12.1 Å². The summed E-state index contributed by atoms with van der Waals surface area (Å²) in [5.74, 6) is -0.0336. The number of aromatic nitrogens is 2. The lowest BCUT2D eigenvalue weighted by Crippen LogP contribution is -2.45. The quantitative estimate of drug-likeness (QED) is 0.304. The number of hydrogen-bond acceptors (Lipinski definition) is 4. The third kappa shape index (κ3) is 3.94. The van der Waals surface area contributed by atoms with Gasteiger partial charge in [0, 0.05) is 22.5 Å². The van der Waals surface area contributed by atoms with Gasteiger partial charge >= 0.3 is 7.12 Å². The number of nitrogens with zero attached hydrogens (tertiary/aromatic N) is 3. The van der Waals surface area contributed by atoms with Crippen LogP contribution in [-0.4, -0.2) is 33.2 Å². The van der Waals surface area contributed by atoms with Crippen LogP contribution >= 0.6 is 0 Å². The van der Waals surface area contributed by atoms with E-state index < -0.39 is 23.7 Å². The van der Waals surface area contributed by atoms with Crippen LogP contribution in [0.4, 0.5) is 4.39 Å². The van der Waals surface area contributed by atoms with Crippen LogP contribution in [-0.2, 0) is 21.1 Å². The maximum absolute atomic E-state index is 13.8. The van der Waals surface area contributed by atoms with Gasteiger partial charge in [0.1, 0.15) is 5.82 Å². The Morgan fingerprint density at radius 3 is 2.25 bits per heavy atom. The minimum Gasteiger partial charge on any atom is -0.523 e. The lowest BCUT2D eigenvalue weighted by molar-refractivity contribution is 0.00578. The van der Waals surface area contributed by atoms with Crippen molar-refractivity contribution in [2.75, 3.05) is 0 Å². The molecular formula is C32H35BFN3O3. The summed E-state index contributed by atoms with van der Waals surface area (Å²) in [5.41, 5.74) is 4.86. The number of halogens is 1. The van der Waals surface area contributed by atoms with Crippen LogP contribution in [0.15, 0.2) is 60.0 Å². The van der Waals surface area contributed by atoms with Crippen molar-refractivity contribution in [1.29, 1.82) is 0 Å². The van der Waals surface area contributed by atoms with Crippen molar-refractivity contribution in [3.05, 3.63) is 88.5 Å². The Morgan fingerprint density at radius 1 is 1.02 bits per heavy atom. The van der Waals surface area contributed by atoms with Crippen molar-refractivity contribution < 1.29 is 18.8 Å². The number of benzene rings is 2. The van der Waals surface area contributed by atoms with Gasteiger partial charge in [0.15, 0.2) is 0 Å². The van der Waals surface area contributed by atoms with E-state index in [2.05, 4.69) is 11.8 Å². The summed E-state index contributed by atoms with van der Waals surface area (Å²) in [5, 5.41) is 16.0. The molecule has 1 saturated heterocycles. The van der Waals surface area contributed by atoms with E-state index >= 15 is 0 Å². The number of hydrogen-bond donors (Lipinski definition) is 1. The van der Waals surface area contributed by atoms with Gasteiger partial charge in [0.25, 0.3) is 0 Å². The van der Waals surface area contributed by atoms with E-state index in [1.54, 1.807) is 12.1 Å². The summed E-state index contributed by atoms with van der Waals surface area (Å²) in [4.78, 5) is 3.72. The topological polar surface area (TPSA) is 60.9 Å². The van der Waals surface area contributed by atoms with Gasteiger partial charge in [0.05, 0.1) is 40.6 Å². The molecule has 3 atom stereocenters. The number of rotatable bonds is 3. The molecule has 3 aliphatic rings. The van der Waals surface area contributed by atoms with Crippen molar-refractivity contribution in [2.24, 2.45) is 11.8 Å². The normalized spacial score (nSPS) is 26.8. The molecule has 0 spiro atoms. The monoisotopic (exact) mass is 539 g/mol. The van der Waals surface area contributed by atoms with Gasteiger partial charge in [-0.1, -0.05) is 26.0 Å². The van der Waals surface area contributed by atoms with Crippen LogP contribution in [0.2, 0.25) is 0 Å². The highest BCUT2D eigenvalue weighted by Gasteiger charge is 2.53. The number of allylic oxidation sites excluding steroid dienone is 2. The Labute approximate surface area is 235 Å². The van der Waals surface area contributed by atoms with Gasteiger partial charge in [-0.15, -0.1) is 0 Å². The second-order valence-corrected chi connectivity index (χ2v) is 12.7. The summed E-state index contributed by atoms with van der Waals surface area (Å²) in [6, 6.07) is 14.6. The smallest absolute Gasteiger partial charge is 0.494 e. The summed E-state index contributed by atoms with van der Waals surface area (Å²) >= 11 is 0. The first-order chi connectivity index (χ1) is 18.9. The zero-order chi connectivity index (χ0) is 28.6. The molecule has 0 unspecified atom stereocenters. The Balaban J connectivity index is 1.48. The maximum atomic E-state index is 13.8. The zero-order valence-electron chi connectivity index (χ0n) is 24.0. The summed E-state index contributed by atoms with van der Waals surface area (Å²) < 4.78 is 28.3. The number of aliphatic hydroxyl groups excluding tert-OH is 1. The predicted molar refractivity (Wildman–Crippen MR) is 154 cm³/mol. The Hall–Kier alpha value is -3.41. The highest BCUT2D eigenvalue weighted by atomic mass is 19.1. The van der Waals surface area contributed by atoms with Crippen LogP contribution in [0.5, 0.6) is 0 Å². The lowest BCUT2D eigenvalue weighted by atomic mass is 9.57. The average molecular weight is 539 g/mol. The van der Waals surface area contributed by atoms with Crippen LogP contribution in [0.1, 0.15) is 65.6 Å². The second kappa shape index (κ2) is 9.05. The molecule has 8 heteroatoms. The molecule has 6 rings (SSSR count). The minimum absolute atomic E-state index is 0.126. The molecule has 40 heavy (non-hydrogen) atoms. The summed E-state index contributed by atoms with van der Waals surface area (Å²) in [6.45, 7) is 20.2. The third-order valence-electron chi connectivity index (χ3n) is 9.83.